The summed E-state index contributed by atoms with van der Waals surface area (Å²) in [6, 6.07) is 9.23. The van der Waals surface area contributed by atoms with Crippen LogP contribution in [0.1, 0.15) is 33.9 Å². The quantitative estimate of drug-likeness (QED) is 0.812. The van der Waals surface area contributed by atoms with Crippen LogP contribution >= 0.6 is 0 Å². The van der Waals surface area contributed by atoms with Gasteiger partial charge in [-0.2, -0.15) is 0 Å². The number of carbonyl (C=O) groups excluding carboxylic acids is 1. The second-order valence-corrected chi connectivity index (χ2v) is 5.14. The zero-order chi connectivity index (χ0) is 15.0. The first-order chi connectivity index (χ1) is 10.1. The number of primary amides is 1. The van der Waals surface area contributed by atoms with Crippen molar-refractivity contribution in [1.29, 1.82) is 0 Å². The summed E-state index contributed by atoms with van der Waals surface area (Å²) in [5.41, 5.74) is 7.56. The molecule has 0 spiro atoms. The molecule has 4 nitrogen and oxygen atoms in total. The Labute approximate surface area is 121 Å². The van der Waals surface area contributed by atoms with Crippen molar-refractivity contribution in [3.63, 3.8) is 0 Å². The van der Waals surface area contributed by atoms with Crippen LogP contribution in [-0.2, 0) is 6.42 Å². The van der Waals surface area contributed by atoms with Gasteiger partial charge in [0.1, 0.15) is 11.6 Å². The fraction of sp³-hybridized carbons (Fsp3) is 0.188. The standard InChI is InChI=1S/C16H15FN2O2/c17-12-6-4-9(16(18)21)8-14(12)19-13-7-5-11-10(13)2-1-3-15(11)20/h1-4,6,8,13,19-20H,5,7H2,(H2,18,21). The maximum absolute atomic E-state index is 13.9. The Morgan fingerprint density at radius 3 is 2.90 bits per heavy atom. The van der Waals surface area contributed by atoms with Gasteiger partial charge in [-0.25, -0.2) is 4.39 Å². The van der Waals surface area contributed by atoms with E-state index in [1.54, 1.807) is 12.1 Å². The number of fused-ring (bicyclic) bond motifs is 1. The fourth-order valence-electron chi connectivity index (χ4n) is 2.76. The van der Waals surface area contributed by atoms with Crippen molar-refractivity contribution in [1.82, 2.24) is 0 Å². The summed E-state index contributed by atoms with van der Waals surface area (Å²) in [5, 5.41) is 12.9. The summed E-state index contributed by atoms with van der Waals surface area (Å²) in [6.45, 7) is 0. The lowest BCUT2D eigenvalue weighted by Gasteiger charge is -2.16. The molecule has 1 amide bonds. The first-order valence-electron chi connectivity index (χ1n) is 6.73. The van der Waals surface area contributed by atoms with Crippen molar-refractivity contribution in [2.45, 2.75) is 18.9 Å². The van der Waals surface area contributed by atoms with Gasteiger partial charge in [0.15, 0.2) is 0 Å². The lowest BCUT2D eigenvalue weighted by molar-refractivity contribution is 0.100. The molecule has 0 aliphatic heterocycles. The largest absolute Gasteiger partial charge is 0.508 e. The van der Waals surface area contributed by atoms with E-state index in [2.05, 4.69) is 5.32 Å². The Balaban J connectivity index is 1.91. The molecule has 0 fully saturated rings. The molecule has 1 atom stereocenters. The van der Waals surface area contributed by atoms with Gasteiger partial charge >= 0.3 is 0 Å². The van der Waals surface area contributed by atoms with E-state index >= 15 is 0 Å². The molecular formula is C16H15FN2O2. The van der Waals surface area contributed by atoms with Crippen LogP contribution in [0.4, 0.5) is 10.1 Å². The van der Waals surface area contributed by atoms with E-state index in [9.17, 15) is 14.3 Å². The fourth-order valence-corrected chi connectivity index (χ4v) is 2.76. The monoisotopic (exact) mass is 286 g/mol. The third-order valence-corrected chi connectivity index (χ3v) is 3.83. The smallest absolute Gasteiger partial charge is 0.248 e. The average Bonchev–Trinajstić information content (AvgIpc) is 2.86. The van der Waals surface area contributed by atoms with Gasteiger partial charge in [-0.15, -0.1) is 0 Å². The second-order valence-electron chi connectivity index (χ2n) is 5.14. The first-order valence-corrected chi connectivity index (χ1v) is 6.73. The predicted molar refractivity (Wildman–Crippen MR) is 77.7 cm³/mol. The molecule has 0 saturated heterocycles. The number of nitrogens with one attached hydrogen (secondary N) is 1. The van der Waals surface area contributed by atoms with Gasteiger partial charge in [0.2, 0.25) is 5.91 Å². The Hall–Kier alpha value is -2.56. The molecule has 0 bridgehead atoms. The van der Waals surface area contributed by atoms with Crippen LogP contribution in [0.15, 0.2) is 36.4 Å². The molecular weight excluding hydrogens is 271 g/mol. The van der Waals surface area contributed by atoms with Crippen molar-refractivity contribution < 1.29 is 14.3 Å². The van der Waals surface area contributed by atoms with Crippen LogP contribution in [0.5, 0.6) is 5.75 Å². The normalized spacial score (nSPS) is 16.5. The summed E-state index contributed by atoms with van der Waals surface area (Å²) in [4.78, 5) is 11.2. The lowest BCUT2D eigenvalue weighted by atomic mass is 10.1. The van der Waals surface area contributed by atoms with Crippen molar-refractivity contribution in [2.75, 3.05) is 5.32 Å². The van der Waals surface area contributed by atoms with Gasteiger partial charge in [0.25, 0.3) is 0 Å². The second kappa shape index (κ2) is 5.09. The number of rotatable bonds is 3. The Morgan fingerprint density at radius 1 is 1.33 bits per heavy atom. The highest BCUT2D eigenvalue weighted by Gasteiger charge is 2.25. The SMILES string of the molecule is NC(=O)c1ccc(F)c(NC2CCc3c(O)cccc32)c1. The van der Waals surface area contributed by atoms with Gasteiger partial charge in [-0.05, 0) is 48.2 Å². The zero-order valence-corrected chi connectivity index (χ0v) is 11.3. The van der Waals surface area contributed by atoms with E-state index in [-0.39, 0.29) is 23.0 Å². The highest BCUT2D eigenvalue weighted by atomic mass is 19.1. The van der Waals surface area contributed by atoms with Gasteiger partial charge < -0.3 is 16.2 Å². The topological polar surface area (TPSA) is 75.4 Å². The zero-order valence-electron chi connectivity index (χ0n) is 11.3. The van der Waals surface area contributed by atoms with E-state index in [0.717, 1.165) is 24.0 Å². The Bertz CT molecular complexity index is 715. The number of anilines is 1. The lowest BCUT2D eigenvalue weighted by Crippen LogP contribution is -2.13. The average molecular weight is 286 g/mol. The molecule has 3 rings (SSSR count). The molecule has 0 saturated carbocycles. The van der Waals surface area contributed by atoms with Crippen molar-refractivity contribution in [3.8, 4) is 5.75 Å². The maximum atomic E-state index is 13.9. The highest BCUT2D eigenvalue weighted by molar-refractivity contribution is 5.93. The number of amides is 1. The highest BCUT2D eigenvalue weighted by Crippen LogP contribution is 2.38. The summed E-state index contributed by atoms with van der Waals surface area (Å²) in [6.07, 6.45) is 1.49. The molecule has 0 radical (unpaired) electrons. The van der Waals surface area contributed by atoms with E-state index < -0.39 is 11.7 Å². The molecule has 1 unspecified atom stereocenters. The van der Waals surface area contributed by atoms with Crippen LogP contribution in [0.3, 0.4) is 0 Å². The van der Waals surface area contributed by atoms with Crippen LogP contribution in [0, 0.1) is 5.82 Å². The van der Waals surface area contributed by atoms with Gasteiger partial charge in [-0.3, -0.25) is 4.79 Å². The molecule has 5 heteroatoms. The van der Waals surface area contributed by atoms with Gasteiger partial charge in [-0.1, -0.05) is 12.1 Å². The third-order valence-electron chi connectivity index (χ3n) is 3.83. The maximum Gasteiger partial charge on any atom is 0.248 e. The molecule has 4 N–H and O–H groups in total. The molecule has 0 aromatic heterocycles. The number of halogens is 1. The first kappa shape index (κ1) is 13.4. The van der Waals surface area contributed by atoms with Gasteiger partial charge in [0.05, 0.1) is 11.7 Å². The number of carbonyl (C=O) groups is 1. The number of hydrogen-bond donors (Lipinski definition) is 3. The number of nitrogens with two attached hydrogens (primary N) is 1. The number of phenolic OH excluding ortho intramolecular Hbond substituents is 1. The molecule has 21 heavy (non-hydrogen) atoms. The van der Waals surface area contributed by atoms with E-state index in [1.165, 1.54) is 18.2 Å². The van der Waals surface area contributed by atoms with Crippen LogP contribution in [-0.4, -0.2) is 11.0 Å². The molecule has 108 valence electrons. The summed E-state index contributed by atoms with van der Waals surface area (Å²) >= 11 is 0. The molecule has 1 aliphatic rings. The molecule has 2 aromatic rings. The van der Waals surface area contributed by atoms with Crippen molar-refractivity contribution in [3.05, 3.63) is 58.9 Å². The minimum atomic E-state index is -0.595. The van der Waals surface area contributed by atoms with Crippen molar-refractivity contribution in [2.24, 2.45) is 5.73 Å². The van der Waals surface area contributed by atoms with Gasteiger partial charge in [0, 0.05) is 5.56 Å². The number of aromatic hydroxyl groups is 1. The number of phenols is 1. The Kier molecular flexibility index (Phi) is 3.25. The summed E-state index contributed by atoms with van der Waals surface area (Å²) in [7, 11) is 0. The number of hydrogen-bond acceptors (Lipinski definition) is 3. The van der Waals surface area contributed by atoms with Crippen molar-refractivity contribution >= 4 is 11.6 Å². The van der Waals surface area contributed by atoms with E-state index in [4.69, 9.17) is 5.73 Å². The number of benzene rings is 2. The Morgan fingerprint density at radius 2 is 2.14 bits per heavy atom. The van der Waals surface area contributed by atoms with E-state index in [0.29, 0.717) is 0 Å². The van der Waals surface area contributed by atoms with E-state index in [1.807, 2.05) is 6.07 Å². The summed E-state index contributed by atoms with van der Waals surface area (Å²) < 4.78 is 13.9. The minimum absolute atomic E-state index is 0.0928. The van der Waals surface area contributed by atoms with Crippen LogP contribution < -0.4 is 11.1 Å². The van der Waals surface area contributed by atoms with Crippen LogP contribution in [0.25, 0.3) is 0 Å². The van der Waals surface area contributed by atoms with Crippen LogP contribution in [0.2, 0.25) is 0 Å². The molecule has 2 aromatic carbocycles. The molecule has 0 heterocycles. The summed E-state index contributed by atoms with van der Waals surface area (Å²) in [5.74, 6) is -0.765. The predicted octanol–water partition coefficient (Wildman–Crippen LogP) is 2.73. The third kappa shape index (κ3) is 2.42. The molecule has 1 aliphatic carbocycles. The minimum Gasteiger partial charge on any atom is -0.508 e.